The maximum atomic E-state index is 5.91. The van der Waals surface area contributed by atoms with Crippen LogP contribution in [0.5, 0.6) is 11.5 Å². The first-order valence-electron chi connectivity index (χ1n) is 9.76. The minimum absolute atomic E-state index is 0.431. The van der Waals surface area contributed by atoms with Crippen molar-refractivity contribution < 1.29 is 14.2 Å². The van der Waals surface area contributed by atoms with Crippen molar-refractivity contribution in [2.75, 3.05) is 37.9 Å². The molecule has 4 rings (SSSR count). The predicted octanol–water partition coefficient (Wildman–Crippen LogP) is 3.73. The van der Waals surface area contributed by atoms with Gasteiger partial charge in [-0.3, -0.25) is 0 Å². The molecule has 30 heavy (non-hydrogen) atoms. The summed E-state index contributed by atoms with van der Waals surface area (Å²) in [5.41, 5.74) is 14.2. The van der Waals surface area contributed by atoms with Crippen molar-refractivity contribution in [3.63, 3.8) is 0 Å². The molecule has 7 heteroatoms. The van der Waals surface area contributed by atoms with E-state index in [4.69, 9.17) is 25.7 Å². The number of pyridine rings is 2. The fraction of sp³-hybridized carbons (Fsp3) is 0.217. The van der Waals surface area contributed by atoms with Gasteiger partial charge < -0.3 is 25.7 Å². The lowest BCUT2D eigenvalue weighted by molar-refractivity contribution is 0.0771. The molecule has 0 unspecified atom stereocenters. The number of hydrogen-bond donors (Lipinski definition) is 2. The average molecular weight is 404 g/mol. The summed E-state index contributed by atoms with van der Waals surface area (Å²) in [6, 6.07) is 17.0. The van der Waals surface area contributed by atoms with E-state index in [0.29, 0.717) is 38.1 Å². The minimum Gasteiger partial charge on any atom is -0.490 e. The highest BCUT2D eigenvalue weighted by Crippen LogP contribution is 2.28. The number of aromatic nitrogens is 2. The summed E-state index contributed by atoms with van der Waals surface area (Å²) in [6.07, 6.45) is 0. The van der Waals surface area contributed by atoms with Gasteiger partial charge in [0.25, 0.3) is 0 Å². The van der Waals surface area contributed by atoms with Crippen molar-refractivity contribution in [2.45, 2.75) is 6.92 Å². The van der Waals surface area contributed by atoms with Crippen LogP contribution in [-0.4, -0.2) is 36.4 Å². The number of rotatable bonds is 8. The van der Waals surface area contributed by atoms with Crippen molar-refractivity contribution in [1.29, 1.82) is 0 Å². The van der Waals surface area contributed by atoms with E-state index in [-0.39, 0.29) is 0 Å². The number of anilines is 2. The smallest absolute Gasteiger partial charge is 0.129 e. The minimum atomic E-state index is 0.431. The van der Waals surface area contributed by atoms with Crippen LogP contribution in [0.4, 0.5) is 11.6 Å². The first kappa shape index (κ1) is 19.7. The lowest BCUT2D eigenvalue weighted by Crippen LogP contribution is -2.12. The largest absolute Gasteiger partial charge is 0.490 e. The Labute approximate surface area is 174 Å². The lowest BCUT2D eigenvalue weighted by atomic mass is 10.1. The molecular weight excluding hydrogens is 380 g/mol. The predicted molar refractivity (Wildman–Crippen MR) is 119 cm³/mol. The summed E-state index contributed by atoms with van der Waals surface area (Å²) in [4.78, 5) is 8.66. The number of nitrogen functional groups attached to an aromatic ring is 2. The highest BCUT2D eigenvalue weighted by molar-refractivity contribution is 5.89. The van der Waals surface area contributed by atoms with Gasteiger partial charge in [0, 0.05) is 10.8 Å². The van der Waals surface area contributed by atoms with Crippen LogP contribution < -0.4 is 20.9 Å². The number of aryl methyl sites for hydroxylation is 1. The van der Waals surface area contributed by atoms with Crippen molar-refractivity contribution in [3.05, 3.63) is 60.2 Å². The third-order valence-corrected chi connectivity index (χ3v) is 4.70. The zero-order chi connectivity index (χ0) is 20.9. The Kier molecular flexibility index (Phi) is 5.81. The van der Waals surface area contributed by atoms with E-state index < -0.39 is 0 Å². The van der Waals surface area contributed by atoms with Gasteiger partial charge in [0.15, 0.2) is 0 Å². The quantitative estimate of drug-likeness (QED) is 0.431. The van der Waals surface area contributed by atoms with Crippen molar-refractivity contribution in [2.24, 2.45) is 0 Å². The number of ether oxygens (including phenoxy) is 3. The van der Waals surface area contributed by atoms with E-state index in [1.807, 2.05) is 55.5 Å². The summed E-state index contributed by atoms with van der Waals surface area (Å²) in [7, 11) is 0. The average Bonchev–Trinajstić information content (AvgIpc) is 2.72. The Morgan fingerprint density at radius 1 is 0.733 bits per heavy atom. The molecule has 0 aliphatic rings. The van der Waals surface area contributed by atoms with Crippen molar-refractivity contribution >= 4 is 33.4 Å². The molecular formula is C23H24N4O3. The monoisotopic (exact) mass is 404 g/mol. The Hall–Kier alpha value is -3.58. The third kappa shape index (κ3) is 4.36. The normalized spacial score (nSPS) is 11.1. The molecule has 2 aromatic carbocycles. The molecule has 0 radical (unpaired) electrons. The van der Waals surface area contributed by atoms with Crippen LogP contribution in [0.3, 0.4) is 0 Å². The van der Waals surface area contributed by atoms with Gasteiger partial charge in [0.2, 0.25) is 0 Å². The fourth-order valence-electron chi connectivity index (χ4n) is 3.39. The third-order valence-electron chi connectivity index (χ3n) is 4.70. The highest BCUT2D eigenvalue weighted by atomic mass is 16.5. The maximum Gasteiger partial charge on any atom is 0.129 e. The zero-order valence-electron chi connectivity index (χ0n) is 16.8. The molecule has 4 N–H and O–H groups in total. The zero-order valence-corrected chi connectivity index (χ0v) is 16.8. The van der Waals surface area contributed by atoms with Gasteiger partial charge in [0.05, 0.1) is 24.2 Å². The lowest BCUT2D eigenvalue weighted by Gasteiger charge is -2.12. The van der Waals surface area contributed by atoms with Crippen molar-refractivity contribution in [3.8, 4) is 11.5 Å². The number of nitrogens with zero attached hydrogens (tertiary/aromatic N) is 2. The summed E-state index contributed by atoms with van der Waals surface area (Å²) in [6.45, 7) is 3.77. The van der Waals surface area contributed by atoms with Crippen molar-refractivity contribution in [1.82, 2.24) is 9.97 Å². The Morgan fingerprint density at radius 2 is 1.40 bits per heavy atom. The number of nitrogens with two attached hydrogens (primary N) is 2. The molecule has 0 amide bonds. The summed E-state index contributed by atoms with van der Waals surface area (Å²) >= 11 is 0. The van der Waals surface area contributed by atoms with Crippen LogP contribution in [0.1, 0.15) is 5.56 Å². The second-order valence-corrected chi connectivity index (χ2v) is 6.88. The molecule has 0 spiro atoms. The van der Waals surface area contributed by atoms with E-state index in [0.717, 1.165) is 38.9 Å². The first-order chi connectivity index (χ1) is 14.6. The fourth-order valence-corrected chi connectivity index (χ4v) is 3.39. The molecule has 7 nitrogen and oxygen atoms in total. The summed E-state index contributed by atoms with van der Waals surface area (Å²) in [5.74, 6) is 2.53. The second kappa shape index (κ2) is 8.84. The van der Waals surface area contributed by atoms with Gasteiger partial charge in [-0.2, -0.15) is 0 Å². The van der Waals surface area contributed by atoms with Crippen LogP contribution in [0.2, 0.25) is 0 Å². The molecule has 2 aromatic heterocycles. The molecule has 154 valence electrons. The Balaban J connectivity index is 1.26. The molecule has 4 aromatic rings. The molecule has 0 bridgehead atoms. The van der Waals surface area contributed by atoms with E-state index in [1.165, 1.54) is 0 Å². The highest BCUT2D eigenvalue weighted by Gasteiger charge is 2.08. The first-order valence-corrected chi connectivity index (χ1v) is 9.76. The van der Waals surface area contributed by atoms with Gasteiger partial charge in [-0.1, -0.05) is 12.1 Å². The number of hydrogen-bond acceptors (Lipinski definition) is 7. The molecule has 0 aliphatic heterocycles. The van der Waals surface area contributed by atoms with Gasteiger partial charge >= 0.3 is 0 Å². The van der Waals surface area contributed by atoms with Crippen LogP contribution >= 0.6 is 0 Å². The molecule has 0 saturated heterocycles. The van der Waals surface area contributed by atoms with Crippen LogP contribution in [0.15, 0.2) is 54.6 Å². The standard InChI is InChI=1S/C23H24N4O3/c1-15-14-22(25)27-18-5-3-7-20(23(15)18)30-13-11-28-10-12-29-19-6-2-4-17-16(19)8-9-21(24)26-17/h2-9,14H,10-13H2,1H3,(H2,24,26)(H2,25,27). The Bertz CT molecular complexity index is 1180. The van der Waals surface area contributed by atoms with Gasteiger partial charge in [-0.25, -0.2) is 9.97 Å². The number of benzene rings is 2. The maximum absolute atomic E-state index is 5.91. The van der Waals surface area contributed by atoms with E-state index in [9.17, 15) is 0 Å². The van der Waals surface area contributed by atoms with Crippen LogP contribution in [0.25, 0.3) is 21.8 Å². The summed E-state index contributed by atoms with van der Waals surface area (Å²) < 4.78 is 17.4. The van der Waals surface area contributed by atoms with Gasteiger partial charge in [-0.15, -0.1) is 0 Å². The van der Waals surface area contributed by atoms with Crippen LogP contribution in [-0.2, 0) is 4.74 Å². The van der Waals surface area contributed by atoms with E-state index >= 15 is 0 Å². The molecule has 0 aliphatic carbocycles. The Morgan fingerprint density at radius 3 is 2.20 bits per heavy atom. The van der Waals surface area contributed by atoms with Gasteiger partial charge in [0.1, 0.15) is 36.3 Å². The molecule has 0 fully saturated rings. The second-order valence-electron chi connectivity index (χ2n) is 6.88. The van der Waals surface area contributed by atoms with E-state index in [1.54, 1.807) is 6.07 Å². The SMILES string of the molecule is Cc1cc(N)nc2cccc(OCCOCCOc3cccc4nc(N)ccc34)c12. The summed E-state index contributed by atoms with van der Waals surface area (Å²) in [5, 5.41) is 1.90. The van der Waals surface area contributed by atoms with Crippen LogP contribution in [0, 0.1) is 6.92 Å². The topological polar surface area (TPSA) is 106 Å². The molecule has 2 heterocycles. The number of fused-ring (bicyclic) bond motifs is 2. The molecule has 0 atom stereocenters. The van der Waals surface area contributed by atoms with E-state index in [2.05, 4.69) is 9.97 Å². The molecule has 0 saturated carbocycles. The van der Waals surface area contributed by atoms with Gasteiger partial charge in [-0.05, 0) is 55.0 Å².